The van der Waals surface area contributed by atoms with Crippen molar-refractivity contribution in [3.05, 3.63) is 59.5 Å². The van der Waals surface area contributed by atoms with E-state index in [1.165, 1.54) is 12.1 Å². The van der Waals surface area contributed by atoms with Crippen LogP contribution in [-0.2, 0) is 0 Å². The van der Waals surface area contributed by atoms with Gasteiger partial charge in [-0.05, 0) is 42.5 Å². The number of ether oxygens (including phenoxy) is 2. The van der Waals surface area contributed by atoms with E-state index in [1.54, 1.807) is 38.5 Å². The van der Waals surface area contributed by atoms with Gasteiger partial charge in [0.05, 0.1) is 19.9 Å². The molecular formula is C18H14ClFN2O2. The minimum atomic E-state index is -0.319. The number of hydrogen-bond acceptors (Lipinski definition) is 4. The fourth-order valence-corrected chi connectivity index (χ4v) is 2.47. The Labute approximate surface area is 143 Å². The van der Waals surface area contributed by atoms with E-state index in [4.69, 9.17) is 21.1 Å². The maximum Gasteiger partial charge on any atom is 0.161 e. The molecule has 1 heterocycles. The maximum absolute atomic E-state index is 13.1. The molecule has 0 atom stereocenters. The van der Waals surface area contributed by atoms with E-state index < -0.39 is 0 Å². The molecule has 3 rings (SSSR count). The molecule has 0 aliphatic rings. The van der Waals surface area contributed by atoms with Gasteiger partial charge in [-0.15, -0.1) is 0 Å². The van der Waals surface area contributed by atoms with Crippen molar-refractivity contribution in [2.45, 2.75) is 0 Å². The molecule has 0 saturated heterocycles. The number of benzene rings is 2. The molecule has 24 heavy (non-hydrogen) atoms. The first-order valence-corrected chi connectivity index (χ1v) is 7.51. The van der Waals surface area contributed by atoms with E-state index in [-0.39, 0.29) is 5.82 Å². The Morgan fingerprint density at radius 1 is 0.833 bits per heavy atom. The Kier molecular flexibility index (Phi) is 4.62. The third-order valence-corrected chi connectivity index (χ3v) is 3.67. The molecule has 0 bridgehead atoms. The first kappa shape index (κ1) is 16.2. The molecule has 1 aromatic heterocycles. The molecule has 0 aliphatic heterocycles. The molecule has 122 valence electrons. The SMILES string of the molecule is COc1ccc(-c2cc(Cl)nc(-c3ccc(F)cc3)n2)cc1OC. The Bertz CT molecular complexity index is 869. The summed E-state index contributed by atoms with van der Waals surface area (Å²) in [6, 6.07) is 13.1. The number of methoxy groups -OCH3 is 2. The van der Waals surface area contributed by atoms with E-state index in [9.17, 15) is 4.39 Å². The van der Waals surface area contributed by atoms with Gasteiger partial charge in [0.15, 0.2) is 17.3 Å². The van der Waals surface area contributed by atoms with Crippen LogP contribution in [0.5, 0.6) is 11.5 Å². The summed E-state index contributed by atoms with van der Waals surface area (Å²) >= 11 is 6.13. The topological polar surface area (TPSA) is 44.2 Å². The minimum absolute atomic E-state index is 0.300. The molecule has 0 fully saturated rings. The summed E-state index contributed by atoms with van der Waals surface area (Å²) in [6.07, 6.45) is 0. The van der Waals surface area contributed by atoms with Gasteiger partial charge < -0.3 is 9.47 Å². The van der Waals surface area contributed by atoms with Gasteiger partial charge in [0.1, 0.15) is 11.0 Å². The van der Waals surface area contributed by atoms with Gasteiger partial charge in [0, 0.05) is 17.2 Å². The molecule has 6 heteroatoms. The van der Waals surface area contributed by atoms with Crippen molar-refractivity contribution in [2.24, 2.45) is 0 Å². The molecule has 0 spiro atoms. The second-order valence-electron chi connectivity index (χ2n) is 4.98. The maximum atomic E-state index is 13.1. The monoisotopic (exact) mass is 344 g/mol. The van der Waals surface area contributed by atoms with Crippen LogP contribution in [0.4, 0.5) is 4.39 Å². The fourth-order valence-electron chi connectivity index (χ4n) is 2.29. The van der Waals surface area contributed by atoms with Crippen molar-refractivity contribution in [3.8, 4) is 34.1 Å². The number of aromatic nitrogens is 2. The van der Waals surface area contributed by atoms with Crippen molar-refractivity contribution in [2.75, 3.05) is 14.2 Å². The summed E-state index contributed by atoms with van der Waals surface area (Å²) < 4.78 is 23.6. The normalized spacial score (nSPS) is 10.5. The van der Waals surface area contributed by atoms with Crippen LogP contribution < -0.4 is 9.47 Å². The Morgan fingerprint density at radius 3 is 2.17 bits per heavy atom. The van der Waals surface area contributed by atoms with Crippen molar-refractivity contribution in [1.29, 1.82) is 0 Å². The quantitative estimate of drug-likeness (QED) is 0.648. The first-order chi connectivity index (χ1) is 11.6. The average molecular weight is 345 g/mol. The highest BCUT2D eigenvalue weighted by atomic mass is 35.5. The van der Waals surface area contributed by atoms with Crippen molar-refractivity contribution in [1.82, 2.24) is 9.97 Å². The summed E-state index contributed by atoms with van der Waals surface area (Å²) in [7, 11) is 3.14. The molecule has 0 unspecified atom stereocenters. The van der Waals surface area contributed by atoms with Gasteiger partial charge in [-0.2, -0.15) is 0 Å². The lowest BCUT2D eigenvalue weighted by Crippen LogP contribution is -1.95. The predicted molar refractivity (Wildman–Crippen MR) is 91.0 cm³/mol. The van der Waals surface area contributed by atoms with Gasteiger partial charge in [-0.3, -0.25) is 0 Å². The summed E-state index contributed by atoms with van der Waals surface area (Å²) in [5.74, 6) is 1.32. The molecule has 0 saturated carbocycles. The Morgan fingerprint density at radius 2 is 1.50 bits per heavy atom. The standard InChI is InChI=1S/C18H14ClFN2O2/c1-23-15-8-5-12(9-16(15)24-2)14-10-17(19)22-18(21-14)11-3-6-13(20)7-4-11/h3-10H,1-2H3. The lowest BCUT2D eigenvalue weighted by Gasteiger charge is -2.10. The van der Waals surface area contributed by atoms with E-state index in [1.807, 2.05) is 12.1 Å². The smallest absolute Gasteiger partial charge is 0.161 e. The van der Waals surface area contributed by atoms with Crippen molar-refractivity contribution in [3.63, 3.8) is 0 Å². The van der Waals surface area contributed by atoms with E-state index in [0.717, 1.165) is 5.56 Å². The van der Waals surface area contributed by atoms with Gasteiger partial charge >= 0.3 is 0 Å². The lowest BCUT2D eigenvalue weighted by molar-refractivity contribution is 0.355. The van der Waals surface area contributed by atoms with Gasteiger partial charge in [-0.25, -0.2) is 14.4 Å². The second kappa shape index (κ2) is 6.84. The average Bonchev–Trinajstić information content (AvgIpc) is 2.61. The highest BCUT2D eigenvalue weighted by Gasteiger charge is 2.11. The van der Waals surface area contributed by atoms with Crippen LogP contribution >= 0.6 is 11.6 Å². The number of rotatable bonds is 4. The van der Waals surface area contributed by atoms with Crippen LogP contribution in [0.2, 0.25) is 5.15 Å². The Balaban J connectivity index is 2.07. The predicted octanol–water partition coefficient (Wildman–Crippen LogP) is 4.62. The van der Waals surface area contributed by atoms with Crippen LogP contribution in [0, 0.1) is 5.82 Å². The van der Waals surface area contributed by atoms with Crippen LogP contribution in [0.25, 0.3) is 22.6 Å². The lowest BCUT2D eigenvalue weighted by atomic mass is 10.1. The Hall–Kier alpha value is -2.66. The van der Waals surface area contributed by atoms with Gasteiger partial charge in [0.25, 0.3) is 0 Å². The minimum Gasteiger partial charge on any atom is -0.493 e. The van der Waals surface area contributed by atoms with Crippen LogP contribution in [-0.4, -0.2) is 24.2 Å². The van der Waals surface area contributed by atoms with Gasteiger partial charge in [0.2, 0.25) is 0 Å². The summed E-state index contributed by atoms with van der Waals surface area (Å²) in [5.41, 5.74) is 2.12. The summed E-state index contributed by atoms with van der Waals surface area (Å²) in [4.78, 5) is 8.73. The highest BCUT2D eigenvalue weighted by Crippen LogP contribution is 2.32. The molecule has 0 radical (unpaired) electrons. The number of halogens is 2. The van der Waals surface area contributed by atoms with E-state index >= 15 is 0 Å². The van der Waals surface area contributed by atoms with Crippen LogP contribution in [0.3, 0.4) is 0 Å². The van der Waals surface area contributed by atoms with Crippen LogP contribution in [0.15, 0.2) is 48.5 Å². The van der Waals surface area contributed by atoms with E-state index in [2.05, 4.69) is 9.97 Å². The first-order valence-electron chi connectivity index (χ1n) is 7.13. The molecule has 0 amide bonds. The molecule has 0 N–H and O–H groups in total. The van der Waals surface area contributed by atoms with Crippen molar-refractivity contribution >= 4 is 11.6 Å². The highest BCUT2D eigenvalue weighted by molar-refractivity contribution is 6.29. The number of nitrogens with zero attached hydrogens (tertiary/aromatic N) is 2. The summed E-state index contributed by atoms with van der Waals surface area (Å²) in [5, 5.41) is 0.300. The summed E-state index contributed by atoms with van der Waals surface area (Å²) in [6.45, 7) is 0. The zero-order chi connectivity index (χ0) is 17.1. The van der Waals surface area contributed by atoms with Gasteiger partial charge in [-0.1, -0.05) is 11.6 Å². The fraction of sp³-hybridized carbons (Fsp3) is 0.111. The number of hydrogen-bond donors (Lipinski definition) is 0. The molecular weight excluding hydrogens is 331 g/mol. The molecule has 0 aliphatic carbocycles. The van der Waals surface area contributed by atoms with Crippen molar-refractivity contribution < 1.29 is 13.9 Å². The molecule has 4 nitrogen and oxygen atoms in total. The third-order valence-electron chi connectivity index (χ3n) is 3.48. The van der Waals surface area contributed by atoms with Crippen LogP contribution in [0.1, 0.15) is 0 Å². The zero-order valence-corrected chi connectivity index (χ0v) is 13.8. The zero-order valence-electron chi connectivity index (χ0n) is 13.1. The second-order valence-corrected chi connectivity index (χ2v) is 5.36. The van der Waals surface area contributed by atoms with E-state index in [0.29, 0.717) is 33.7 Å². The third kappa shape index (κ3) is 3.31. The molecule has 2 aromatic carbocycles. The largest absolute Gasteiger partial charge is 0.493 e. The molecule has 3 aromatic rings.